The number of fused-ring (bicyclic) bond motifs is 1. The Balaban J connectivity index is 2.39. The van der Waals surface area contributed by atoms with Crippen molar-refractivity contribution in [2.75, 3.05) is 20.1 Å². The van der Waals surface area contributed by atoms with Crippen LogP contribution in [-0.4, -0.2) is 40.7 Å². The highest BCUT2D eigenvalue weighted by Gasteiger charge is 2.14. The maximum Gasteiger partial charge on any atom is 0.147 e. The van der Waals surface area contributed by atoms with Crippen LogP contribution in [0.3, 0.4) is 0 Å². The summed E-state index contributed by atoms with van der Waals surface area (Å²) < 4.78 is 8.05. The summed E-state index contributed by atoms with van der Waals surface area (Å²) in [6, 6.07) is 6.06. The molecule has 5 heteroatoms. The SMILES string of the molecule is CCN(C)CCn1c(CCl)nc2c(OC(C)C)cccc21. The molecule has 0 spiro atoms. The first-order chi connectivity index (χ1) is 10.1. The standard InChI is InChI=1S/C16H24ClN3O/c1-5-19(4)9-10-20-13-7-6-8-14(21-12(2)3)16(13)18-15(20)11-17/h6-8,12H,5,9-11H2,1-4H3. The molecule has 0 bridgehead atoms. The molecule has 21 heavy (non-hydrogen) atoms. The second-order valence-corrected chi connectivity index (χ2v) is 5.77. The molecule has 0 amide bonds. The average molecular weight is 310 g/mol. The Bertz CT molecular complexity index is 594. The molecule has 0 aliphatic rings. The lowest BCUT2D eigenvalue weighted by molar-refractivity contribution is 0.245. The molecule has 0 aliphatic heterocycles. The maximum absolute atomic E-state index is 6.07. The zero-order valence-electron chi connectivity index (χ0n) is 13.3. The number of hydrogen-bond acceptors (Lipinski definition) is 3. The number of ether oxygens (including phenoxy) is 1. The highest BCUT2D eigenvalue weighted by molar-refractivity contribution is 6.16. The predicted molar refractivity (Wildman–Crippen MR) is 88.2 cm³/mol. The number of imidazole rings is 1. The van der Waals surface area contributed by atoms with Gasteiger partial charge in [0.15, 0.2) is 0 Å². The van der Waals surface area contributed by atoms with Crippen LogP contribution >= 0.6 is 11.6 Å². The van der Waals surface area contributed by atoms with Crippen molar-refractivity contribution in [3.05, 3.63) is 24.0 Å². The van der Waals surface area contributed by atoms with Gasteiger partial charge < -0.3 is 14.2 Å². The summed E-state index contributed by atoms with van der Waals surface area (Å²) in [7, 11) is 2.12. The molecular weight excluding hydrogens is 286 g/mol. The van der Waals surface area contributed by atoms with Gasteiger partial charge in [-0.2, -0.15) is 0 Å². The molecule has 0 unspecified atom stereocenters. The lowest BCUT2D eigenvalue weighted by atomic mass is 10.3. The highest BCUT2D eigenvalue weighted by Crippen LogP contribution is 2.27. The molecular formula is C16H24ClN3O. The van der Waals surface area contributed by atoms with Gasteiger partial charge in [-0.25, -0.2) is 4.98 Å². The zero-order chi connectivity index (χ0) is 15.4. The van der Waals surface area contributed by atoms with E-state index in [4.69, 9.17) is 16.3 Å². The van der Waals surface area contributed by atoms with Gasteiger partial charge in [-0.05, 0) is 39.6 Å². The number of likely N-dealkylation sites (N-methyl/N-ethyl adjacent to an activating group) is 1. The summed E-state index contributed by atoms with van der Waals surface area (Å²) in [6.07, 6.45) is 0.131. The van der Waals surface area contributed by atoms with Gasteiger partial charge in [-0.15, -0.1) is 11.6 Å². The molecule has 1 aromatic carbocycles. The van der Waals surface area contributed by atoms with Crippen molar-refractivity contribution >= 4 is 22.6 Å². The molecule has 0 atom stereocenters. The van der Waals surface area contributed by atoms with Gasteiger partial charge in [0.1, 0.15) is 17.1 Å². The Labute approximate surface area is 131 Å². The molecule has 0 fully saturated rings. The molecule has 0 N–H and O–H groups in total. The molecule has 2 rings (SSSR count). The first-order valence-corrected chi connectivity index (χ1v) is 7.99. The fourth-order valence-corrected chi connectivity index (χ4v) is 2.50. The van der Waals surface area contributed by atoms with Crippen LogP contribution in [0.2, 0.25) is 0 Å². The van der Waals surface area contributed by atoms with Crippen LogP contribution in [-0.2, 0) is 12.4 Å². The fraction of sp³-hybridized carbons (Fsp3) is 0.562. The van der Waals surface area contributed by atoms with E-state index in [2.05, 4.69) is 34.5 Å². The fourth-order valence-electron chi connectivity index (χ4n) is 2.30. The molecule has 0 radical (unpaired) electrons. The van der Waals surface area contributed by atoms with E-state index in [9.17, 15) is 0 Å². The summed E-state index contributed by atoms with van der Waals surface area (Å²) in [4.78, 5) is 6.95. The Morgan fingerprint density at radius 3 is 2.76 bits per heavy atom. The third-order valence-corrected chi connectivity index (χ3v) is 3.79. The zero-order valence-corrected chi connectivity index (χ0v) is 14.0. The summed E-state index contributed by atoms with van der Waals surface area (Å²) in [5, 5.41) is 0. The van der Waals surface area contributed by atoms with Crippen molar-refractivity contribution in [3.63, 3.8) is 0 Å². The summed E-state index contributed by atoms with van der Waals surface area (Å²) in [5.41, 5.74) is 1.99. The van der Waals surface area contributed by atoms with Gasteiger partial charge in [0.25, 0.3) is 0 Å². The van der Waals surface area contributed by atoms with Gasteiger partial charge in [-0.3, -0.25) is 0 Å². The minimum atomic E-state index is 0.131. The van der Waals surface area contributed by atoms with Crippen LogP contribution < -0.4 is 4.74 Å². The van der Waals surface area contributed by atoms with Crippen molar-refractivity contribution in [2.45, 2.75) is 39.3 Å². The Kier molecular flexibility index (Phi) is 5.48. The van der Waals surface area contributed by atoms with Crippen molar-refractivity contribution in [1.29, 1.82) is 0 Å². The van der Waals surface area contributed by atoms with Gasteiger partial charge in [-0.1, -0.05) is 13.0 Å². The monoisotopic (exact) mass is 309 g/mol. The van der Waals surface area contributed by atoms with Gasteiger partial charge in [0.05, 0.1) is 17.5 Å². The summed E-state index contributed by atoms with van der Waals surface area (Å²) in [5.74, 6) is 2.14. The summed E-state index contributed by atoms with van der Waals surface area (Å²) >= 11 is 6.07. The largest absolute Gasteiger partial charge is 0.489 e. The molecule has 1 heterocycles. The normalized spacial score (nSPS) is 11.8. The molecule has 116 valence electrons. The van der Waals surface area contributed by atoms with Crippen molar-refractivity contribution in [3.8, 4) is 5.75 Å². The lowest BCUT2D eigenvalue weighted by Crippen LogP contribution is -2.23. The molecule has 4 nitrogen and oxygen atoms in total. The third kappa shape index (κ3) is 3.69. The van der Waals surface area contributed by atoms with E-state index in [0.717, 1.165) is 42.2 Å². The molecule has 2 aromatic rings. The topological polar surface area (TPSA) is 30.3 Å². The smallest absolute Gasteiger partial charge is 0.147 e. The van der Waals surface area contributed by atoms with E-state index in [1.165, 1.54) is 0 Å². The third-order valence-electron chi connectivity index (χ3n) is 3.55. The summed E-state index contributed by atoms with van der Waals surface area (Å²) in [6.45, 7) is 9.09. The minimum Gasteiger partial charge on any atom is -0.489 e. The second-order valence-electron chi connectivity index (χ2n) is 5.50. The average Bonchev–Trinajstić information content (AvgIpc) is 2.83. The van der Waals surface area contributed by atoms with Gasteiger partial charge in [0, 0.05) is 13.1 Å². The lowest BCUT2D eigenvalue weighted by Gasteiger charge is -2.15. The molecule has 0 aliphatic carbocycles. The van der Waals surface area contributed by atoms with E-state index >= 15 is 0 Å². The predicted octanol–water partition coefficient (Wildman–Crippen LogP) is 3.51. The number of para-hydroxylation sites is 1. The van der Waals surface area contributed by atoms with Crippen LogP contribution in [0.25, 0.3) is 11.0 Å². The second kappa shape index (κ2) is 7.14. The van der Waals surface area contributed by atoms with Crippen LogP contribution in [0.1, 0.15) is 26.6 Å². The van der Waals surface area contributed by atoms with Gasteiger partial charge in [0.2, 0.25) is 0 Å². The van der Waals surface area contributed by atoms with E-state index in [1.807, 2.05) is 26.0 Å². The van der Waals surface area contributed by atoms with Crippen molar-refractivity contribution in [2.24, 2.45) is 0 Å². The highest BCUT2D eigenvalue weighted by atomic mass is 35.5. The number of halogens is 1. The number of aromatic nitrogens is 2. The molecule has 0 saturated heterocycles. The van der Waals surface area contributed by atoms with Crippen molar-refractivity contribution in [1.82, 2.24) is 14.5 Å². The number of nitrogens with zero attached hydrogens (tertiary/aromatic N) is 3. The Morgan fingerprint density at radius 2 is 2.14 bits per heavy atom. The van der Waals surface area contributed by atoms with Crippen LogP contribution in [0, 0.1) is 0 Å². The number of alkyl halides is 1. The van der Waals surface area contributed by atoms with Crippen molar-refractivity contribution < 1.29 is 4.74 Å². The number of benzene rings is 1. The van der Waals surface area contributed by atoms with Crippen LogP contribution in [0.15, 0.2) is 18.2 Å². The molecule has 1 aromatic heterocycles. The van der Waals surface area contributed by atoms with E-state index in [-0.39, 0.29) is 6.10 Å². The number of rotatable bonds is 7. The Hall–Kier alpha value is -1.26. The van der Waals surface area contributed by atoms with Gasteiger partial charge >= 0.3 is 0 Å². The van der Waals surface area contributed by atoms with E-state index in [0.29, 0.717) is 5.88 Å². The first kappa shape index (κ1) is 16.1. The van der Waals surface area contributed by atoms with E-state index < -0.39 is 0 Å². The quantitative estimate of drug-likeness (QED) is 0.733. The minimum absolute atomic E-state index is 0.131. The van der Waals surface area contributed by atoms with E-state index in [1.54, 1.807) is 0 Å². The first-order valence-electron chi connectivity index (χ1n) is 7.46. The van der Waals surface area contributed by atoms with Crippen LogP contribution in [0.5, 0.6) is 5.75 Å². The van der Waals surface area contributed by atoms with Crippen LogP contribution in [0.4, 0.5) is 0 Å². The maximum atomic E-state index is 6.07. The number of hydrogen-bond donors (Lipinski definition) is 0. The Morgan fingerprint density at radius 1 is 1.38 bits per heavy atom. The molecule has 0 saturated carbocycles.